The van der Waals surface area contributed by atoms with E-state index in [1.165, 1.54) is 5.56 Å². The Labute approximate surface area is 166 Å². The Morgan fingerprint density at radius 1 is 0.889 bits per heavy atom. The minimum absolute atomic E-state index is 0.00840. The predicted octanol–water partition coefficient (Wildman–Crippen LogP) is 6.24. The Morgan fingerprint density at radius 2 is 1.52 bits per heavy atom. The maximum Gasteiger partial charge on any atom is 0.0900 e. The van der Waals surface area contributed by atoms with Crippen molar-refractivity contribution in [2.45, 2.75) is 78.4 Å². The summed E-state index contributed by atoms with van der Waals surface area (Å²) in [5.41, 5.74) is 2.37. The van der Waals surface area contributed by atoms with Crippen molar-refractivity contribution in [3.63, 3.8) is 0 Å². The Bertz CT molecular complexity index is 623. The minimum Gasteiger partial charge on any atom is -0.392 e. The number of hydrogen-bond acceptors (Lipinski definition) is 2. The molecule has 2 unspecified atom stereocenters. The van der Waals surface area contributed by atoms with Crippen molar-refractivity contribution in [1.82, 2.24) is 0 Å². The van der Waals surface area contributed by atoms with Crippen molar-refractivity contribution in [3.8, 4) is 0 Å². The Hall–Kier alpha value is -1.64. The molecule has 0 amide bonds. The minimum atomic E-state index is -0.794. The average Bonchev–Trinajstić information content (AvgIpc) is 2.73. The highest BCUT2D eigenvalue weighted by Crippen LogP contribution is 2.35. The molecule has 0 spiro atoms. The van der Waals surface area contributed by atoms with Gasteiger partial charge in [0.15, 0.2) is 0 Å². The van der Waals surface area contributed by atoms with Gasteiger partial charge in [-0.1, -0.05) is 95.1 Å². The van der Waals surface area contributed by atoms with E-state index in [1.54, 1.807) is 0 Å². The second kappa shape index (κ2) is 12.7. The van der Waals surface area contributed by atoms with Crippen LogP contribution in [0.4, 0.5) is 0 Å². The van der Waals surface area contributed by atoms with Gasteiger partial charge in [-0.3, -0.25) is 0 Å². The Kier molecular flexibility index (Phi) is 11.0. The molecule has 0 aliphatic carbocycles. The van der Waals surface area contributed by atoms with Crippen molar-refractivity contribution in [1.29, 1.82) is 0 Å². The SMILES string of the molecule is CCCC(O)(CCC(C)CC)c1ccccc1CO.CCc1ccccc1. The molecule has 0 saturated heterocycles. The van der Waals surface area contributed by atoms with E-state index < -0.39 is 5.60 Å². The van der Waals surface area contributed by atoms with Crippen LogP contribution in [-0.2, 0) is 18.6 Å². The first-order valence-electron chi connectivity index (χ1n) is 10.5. The fourth-order valence-electron chi connectivity index (χ4n) is 3.32. The second-order valence-corrected chi connectivity index (χ2v) is 7.49. The van der Waals surface area contributed by atoms with Gasteiger partial charge >= 0.3 is 0 Å². The van der Waals surface area contributed by atoms with Crippen LogP contribution in [0.3, 0.4) is 0 Å². The van der Waals surface area contributed by atoms with Gasteiger partial charge in [0.2, 0.25) is 0 Å². The molecule has 0 heterocycles. The molecule has 0 aliphatic heterocycles. The molecule has 2 nitrogen and oxygen atoms in total. The first kappa shape index (κ1) is 23.4. The van der Waals surface area contributed by atoms with Crippen LogP contribution in [0.25, 0.3) is 0 Å². The molecule has 0 bridgehead atoms. The van der Waals surface area contributed by atoms with E-state index in [2.05, 4.69) is 52.0 Å². The normalized spacial score (nSPS) is 14.0. The predicted molar refractivity (Wildman–Crippen MR) is 116 cm³/mol. The van der Waals surface area contributed by atoms with Crippen molar-refractivity contribution in [2.24, 2.45) is 5.92 Å². The van der Waals surface area contributed by atoms with Crippen LogP contribution >= 0.6 is 0 Å². The molecule has 27 heavy (non-hydrogen) atoms. The van der Waals surface area contributed by atoms with Crippen molar-refractivity contribution in [3.05, 3.63) is 71.3 Å². The lowest BCUT2D eigenvalue weighted by atomic mass is 9.81. The Morgan fingerprint density at radius 3 is 2.04 bits per heavy atom. The molecule has 2 heteroatoms. The maximum absolute atomic E-state index is 11.0. The highest BCUT2D eigenvalue weighted by Gasteiger charge is 2.30. The number of aliphatic hydroxyl groups excluding tert-OH is 1. The van der Waals surface area contributed by atoms with E-state index in [0.717, 1.165) is 49.7 Å². The van der Waals surface area contributed by atoms with Gasteiger partial charge in [0.05, 0.1) is 12.2 Å². The summed E-state index contributed by atoms with van der Waals surface area (Å²) in [5, 5.41) is 20.5. The smallest absolute Gasteiger partial charge is 0.0900 e. The van der Waals surface area contributed by atoms with Crippen LogP contribution in [0.1, 0.15) is 76.5 Å². The molecule has 0 radical (unpaired) electrons. The van der Waals surface area contributed by atoms with Gasteiger partial charge < -0.3 is 10.2 Å². The maximum atomic E-state index is 11.0. The number of hydrogen-bond donors (Lipinski definition) is 2. The number of benzene rings is 2. The van der Waals surface area contributed by atoms with E-state index >= 15 is 0 Å². The first-order valence-corrected chi connectivity index (χ1v) is 10.5. The fourth-order valence-corrected chi connectivity index (χ4v) is 3.32. The monoisotopic (exact) mass is 370 g/mol. The first-order chi connectivity index (χ1) is 13.0. The number of rotatable bonds is 9. The molecular formula is C25H38O2. The van der Waals surface area contributed by atoms with Gasteiger partial charge in [0, 0.05) is 0 Å². The number of aliphatic hydroxyl groups is 2. The summed E-state index contributed by atoms with van der Waals surface area (Å²) < 4.78 is 0. The standard InChI is InChI=1S/C17H28O2.C8H10/c1-4-11-17(19,12-10-14(3)5-2)16-9-7-6-8-15(16)13-18;1-2-8-6-4-3-5-7-8/h6-9,14,18-19H,4-5,10-13H2,1-3H3;3-7H,2H2,1H3. The topological polar surface area (TPSA) is 40.5 Å². The quantitative estimate of drug-likeness (QED) is 0.548. The molecule has 2 aromatic rings. The number of aryl methyl sites for hydroxylation is 1. The molecule has 0 aromatic heterocycles. The van der Waals surface area contributed by atoms with Gasteiger partial charge in [-0.25, -0.2) is 0 Å². The van der Waals surface area contributed by atoms with E-state index in [-0.39, 0.29) is 6.61 Å². The third kappa shape index (κ3) is 7.86. The summed E-state index contributed by atoms with van der Waals surface area (Å²) in [6.45, 7) is 8.66. The molecule has 150 valence electrons. The van der Waals surface area contributed by atoms with Crippen LogP contribution in [0.2, 0.25) is 0 Å². The molecule has 0 fully saturated rings. The van der Waals surface area contributed by atoms with Crippen molar-refractivity contribution < 1.29 is 10.2 Å². The van der Waals surface area contributed by atoms with Crippen LogP contribution in [0.15, 0.2) is 54.6 Å². The zero-order valence-corrected chi connectivity index (χ0v) is 17.6. The lowest BCUT2D eigenvalue weighted by Crippen LogP contribution is -2.27. The lowest BCUT2D eigenvalue weighted by molar-refractivity contribution is 0.0101. The van der Waals surface area contributed by atoms with Crippen LogP contribution < -0.4 is 0 Å². The van der Waals surface area contributed by atoms with E-state index in [1.807, 2.05) is 30.3 Å². The molecule has 2 N–H and O–H groups in total. The lowest BCUT2D eigenvalue weighted by Gasteiger charge is -2.31. The van der Waals surface area contributed by atoms with Gasteiger partial charge in [0.25, 0.3) is 0 Å². The van der Waals surface area contributed by atoms with Gasteiger partial charge in [0.1, 0.15) is 0 Å². The summed E-state index contributed by atoms with van der Waals surface area (Å²) >= 11 is 0. The highest BCUT2D eigenvalue weighted by molar-refractivity contribution is 5.32. The van der Waals surface area contributed by atoms with E-state index in [0.29, 0.717) is 5.92 Å². The molecular weight excluding hydrogens is 332 g/mol. The van der Waals surface area contributed by atoms with Gasteiger partial charge in [-0.05, 0) is 48.3 Å². The summed E-state index contributed by atoms with van der Waals surface area (Å²) in [7, 11) is 0. The molecule has 2 rings (SSSR count). The Balaban J connectivity index is 0.000000377. The van der Waals surface area contributed by atoms with E-state index in [4.69, 9.17) is 0 Å². The van der Waals surface area contributed by atoms with Crippen LogP contribution in [-0.4, -0.2) is 10.2 Å². The largest absolute Gasteiger partial charge is 0.392 e. The summed E-state index contributed by atoms with van der Waals surface area (Å²) in [5.74, 6) is 0.629. The van der Waals surface area contributed by atoms with Crippen LogP contribution in [0.5, 0.6) is 0 Å². The van der Waals surface area contributed by atoms with Crippen molar-refractivity contribution in [2.75, 3.05) is 0 Å². The summed E-state index contributed by atoms with van der Waals surface area (Å²) in [6, 6.07) is 18.2. The highest BCUT2D eigenvalue weighted by atomic mass is 16.3. The third-order valence-corrected chi connectivity index (χ3v) is 5.35. The molecule has 0 saturated carbocycles. The van der Waals surface area contributed by atoms with Crippen LogP contribution in [0, 0.1) is 5.92 Å². The molecule has 2 aromatic carbocycles. The van der Waals surface area contributed by atoms with E-state index in [9.17, 15) is 10.2 Å². The van der Waals surface area contributed by atoms with Crippen molar-refractivity contribution >= 4 is 0 Å². The molecule has 2 atom stereocenters. The molecule has 0 aliphatic rings. The van der Waals surface area contributed by atoms with Gasteiger partial charge in [-0.2, -0.15) is 0 Å². The third-order valence-electron chi connectivity index (χ3n) is 5.35. The zero-order chi connectivity index (χ0) is 20.1. The van der Waals surface area contributed by atoms with Gasteiger partial charge in [-0.15, -0.1) is 0 Å². The average molecular weight is 371 g/mol. The summed E-state index contributed by atoms with van der Waals surface area (Å²) in [4.78, 5) is 0. The summed E-state index contributed by atoms with van der Waals surface area (Å²) in [6.07, 6.45) is 5.77. The zero-order valence-electron chi connectivity index (χ0n) is 17.6. The fraction of sp³-hybridized carbons (Fsp3) is 0.520. The second-order valence-electron chi connectivity index (χ2n) is 7.49.